The fourth-order valence-electron chi connectivity index (χ4n) is 4.51. The van der Waals surface area contributed by atoms with Crippen LogP contribution in [0.15, 0.2) is 48.5 Å². The Kier molecular flexibility index (Phi) is 6.01. The lowest BCUT2D eigenvalue weighted by atomic mass is 9.84. The second-order valence-corrected chi connectivity index (χ2v) is 7.97. The molecule has 38 heavy (non-hydrogen) atoms. The molecule has 0 heterocycles. The Morgan fingerprint density at radius 3 is 0.711 bits per heavy atom. The lowest BCUT2D eigenvalue weighted by molar-refractivity contribution is 0.0679. The highest BCUT2D eigenvalue weighted by Gasteiger charge is 2.28. The molecule has 12 nitrogen and oxygen atoms in total. The number of carboxylic acid groups (broad SMARTS) is 6. The first-order chi connectivity index (χ1) is 17.9. The molecule has 0 saturated carbocycles. The Morgan fingerprint density at radius 2 is 0.500 bits per heavy atom. The quantitative estimate of drug-likeness (QED) is 0.205. The molecule has 4 rings (SSSR count). The monoisotopic (exact) mass is 518 g/mol. The van der Waals surface area contributed by atoms with Crippen molar-refractivity contribution in [1.29, 1.82) is 0 Å². The van der Waals surface area contributed by atoms with Crippen molar-refractivity contribution in [2.24, 2.45) is 0 Å². The minimum atomic E-state index is -1.57. The Morgan fingerprint density at radius 1 is 0.316 bits per heavy atom. The van der Waals surface area contributed by atoms with Crippen LogP contribution >= 0.6 is 0 Å². The summed E-state index contributed by atoms with van der Waals surface area (Å²) in [6.45, 7) is 0. The van der Waals surface area contributed by atoms with E-state index in [1.54, 1.807) is 0 Å². The van der Waals surface area contributed by atoms with Crippen LogP contribution in [0.2, 0.25) is 0 Å². The van der Waals surface area contributed by atoms with Crippen LogP contribution in [-0.4, -0.2) is 66.5 Å². The zero-order valence-corrected chi connectivity index (χ0v) is 18.8. The first-order valence-electron chi connectivity index (χ1n) is 10.5. The van der Waals surface area contributed by atoms with Gasteiger partial charge in [0.2, 0.25) is 0 Å². The second-order valence-electron chi connectivity index (χ2n) is 7.97. The number of aromatic carboxylic acids is 6. The fraction of sp³-hybridized carbons (Fsp3) is 0. The number of hydrogen-bond donors (Lipinski definition) is 6. The van der Waals surface area contributed by atoms with Crippen LogP contribution in [0.4, 0.5) is 0 Å². The van der Waals surface area contributed by atoms with Crippen molar-refractivity contribution in [1.82, 2.24) is 0 Å². The maximum absolute atomic E-state index is 12.1. The van der Waals surface area contributed by atoms with Crippen LogP contribution in [0.25, 0.3) is 32.7 Å². The number of fused-ring (bicyclic) bond motifs is 2. The average molecular weight is 518 g/mol. The first kappa shape index (κ1) is 25.3. The predicted molar refractivity (Wildman–Crippen MR) is 129 cm³/mol. The Balaban J connectivity index is 2.38. The topological polar surface area (TPSA) is 224 Å². The number of carboxylic acids is 6. The summed E-state index contributed by atoms with van der Waals surface area (Å²) in [5, 5.41) is 56.9. The van der Waals surface area contributed by atoms with Crippen molar-refractivity contribution < 1.29 is 59.4 Å². The van der Waals surface area contributed by atoms with Crippen molar-refractivity contribution in [2.45, 2.75) is 0 Å². The second kappa shape index (κ2) is 9.02. The summed E-state index contributed by atoms with van der Waals surface area (Å²) >= 11 is 0. The summed E-state index contributed by atoms with van der Waals surface area (Å²) in [5.41, 5.74) is -3.58. The molecule has 190 valence electrons. The molecule has 0 aliphatic heterocycles. The van der Waals surface area contributed by atoms with Gasteiger partial charge in [0, 0.05) is 21.5 Å². The van der Waals surface area contributed by atoms with Crippen LogP contribution < -0.4 is 0 Å². The van der Waals surface area contributed by atoms with E-state index in [1.165, 1.54) is 0 Å². The van der Waals surface area contributed by atoms with Gasteiger partial charge in [0.1, 0.15) is 0 Å². The van der Waals surface area contributed by atoms with E-state index in [2.05, 4.69) is 0 Å². The molecule has 0 fully saturated rings. The van der Waals surface area contributed by atoms with Crippen molar-refractivity contribution in [3.8, 4) is 11.1 Å². The van der Waals surface area contributed by atoms with E-state index >= 15 is 0 Å². The normalized spacial score (nSPS) is 10.8. The standard InChI is InChI=1S/C26H14O12/c27-21(28)11-5-7-15(25(35)36)19-13(23(31)32)3-1-9(17(11)19)10-2-4-14(24(33)34)20-16(26(37)38)8-6-12(18(10)20)22(29)30/h1-8H,(H,27,28)(H,29,30)(H,31,32)(H,33,34)(H,35,36)(H,37,38). The molecule has 12 heteroatoms. The molecule has 0 atom stereocenters. The third kappa shape index (κ3) is 3.82. The van der Waals surface area contributed by atoms with E-state index in [-0.39, 0.29) is 21.9 Å². The number of rotatable bonds is 7. The number of benzene rings is 4. The van der Waals surface area contributed by atoms with Gasteiger partial charge in [-0.2, -0.15) is 0 Å². The van der Waals surface area contributed by atoms with E-state index in [0.29, 0.717) is 0 Å². The maximum Gasteiger partial charge on any atom is 0.336 e. The maximum atomic E-state index is 12.1. The van der Waals surface area contributed by atoms with Gasteiger partial charge in [0.05, 0.1) is 33.4 Å². The molecular weight excluding hydrogens is 504 g/mol. The molecule has 4 aromatic carbocycles. The van der Waals surface area contributed by atoms with Gasteiger partial charge in [-0.3, -0.25) is 0 Å². The van der Waals surface area contributed by atoms with Gasteiger partial charge in [0.25, 0.3) is 0 Å². The smallest absolute Gasteiger partial charge is 0.336 e. The third-order valence-corrected chi connectivity index (χ3v) is 5.99. The summed E-state index contributed by atoms with van der Waals surface area (Å²) in [7, 11) is 0. The van der Waals surface area contributed by atoms with E-state index in [0.717, 1.165) is 48.5 Å². The SMILES string of the molecule is O=C(O)c1ccc(C(=O)O)c2c(-c3ccc(C(=O)O)c4c(C(=O)O)ccc(C(=O)O)c34)ccc(C(=O)O)c12. The summed E-state index contributed by atoms with van der Waals surface area (Å²) in [6.07, 6.45) is 0. The number of carbonyl (C=O) groups is 6. The minimum Gasteiger partial charge on any atom is -0.478 e. The van der Waals surface area contributed by atoms with Crippen LogP contribution in [0, 0.1) is 0 Å². The molecular formula is C26H14O12. The highest BCUT2D eigenvalue weighted by atomic mass is 16.4. The predicted octanol–water partition coefficient (Wildman–Crippen LogP) is 3.85. The molecule has 0 amide bonds. The van der Waals surface area contributed by atoms with Crippen molar-refractivity contribution >= 4 is 57.4 Å². The Bertz CT molecular complexity index is 1610. The molecule has 6 N–H and O–H groups in total. The van der Waals surface area contributed by atoms with Gasteiger partial charge < -0.3 is 30.6 Å². The summed E-state index contributed by atoms with van der Waals surface area (Å²) in [4.78, 5) is 72.1. The highest BCUT2D eigenvalue weighted by molar-refractivity contribution is 6.25. The zero-order valence-electron chi connectivity index (χ0n) is 18.8. The summed E-state index contributed by atoms with van der Waals surface area (Å²) in [6, 6.07) is 7.96. The van der Waals surface area contributed by atoms with Crippen molar-refractivity contribution in [2.75, 3.05) is 0 Å². The van der Waals surface area contributed by atoms with Crippen LogP contribution in [-0.2, 0) is 0 Å². The molecule has 0 unspecified atom stereocenters. The van der Waals surface area contributed by atoms with Crippen LogP contribution in [0.1, 0.15) is 62.1 Å². The van der Waals surface area contributed by atoms with Crippen molar-refractivity contribution in [3.05, 3.63) is 81.9 Å². The van der Waals surface area contributed by atoms with Crippen molar-refractivity contribution in [3.63, 3.8) is 0 Å². The molecule has 0 bridgehead atoms. The Hall–Kier alpha value is -5.78. The largest absolute Gasteiger partial charge is 0.478 e. The van der Waals surface area contributed by atoms with E-state index < -0.39 is 80.0 Å². The molecule has 4 aromatic rings. The molecule has 0 saturated heterocycles. The molecule has 0 radical (unpaired) electrons. The lowest BCUT2D eigenvalue weighted by Gasteiger charge is -2.18. The van der Waals surface area contributed by atoms with Crippen LogP contribution in [0.5, 0.6) is 0 Å². The molecule has 0 aliphatic carbocycles. The van der Waals surface area contributed by atoms with Gasteiger partial charge in [-0.05, 0) is 47.5 Å². The average Bonchev–Trinajstić information content (AvgIpc) is 2.85. The molecule has 0 spiro atoms. The van der Waals surface area contributed by atoms with Crippen LogP contribution in [0.3, 0.4) is 0 Å². The third-order valence-electron chi connectivity index (χ3n) is 5.99. The van der Waals surface area contributed by atoms with E-state index in [1.807, 2.05) is 0 Å². The summed E-state index contributed by atoms with van der Waals surface area (Å²) in [5.74, 6) is -9.41. The molecule has 0 aliphatic rings. The Labute approximate surface area is 210 Å². The van der Waals surface area contributed by atoms with Gasteiger partial charge in [-0.1, -0.05) is 12.1 Å². The van der Waals surface area contributed by atoms with Gasteiger partial charge >= 0.3 is 35.8 Å². The van der Waals surface area contributed by atoms with Gasteiger partial charge in [0.15, 0.2) is 0 Å². The van der Waals surface area contributed by atoms with Gasteiger partial charge in [-0.15, -0.1) is 0 Å². The fourth-order valence-corrected chi connectivity index (χ4v) is 4.51. The minimum absolute atomic E-state index is 0.155. The molecule has 0 aromatic heterocycles. The highest BCUT2D eigenvalue weighted by Crippen LogP contribution is 2.41. The first-order valence-corrected chi connectivity index (χ1v) is 10.5. The summed E-state index contributed by atoms with van der Waals surface area (Å²) < 4.78 is 0. The van der Waals surface area contributed by atoms with E-state index in [4.69, 9.17) is 0 Å². The number of hydrogen-bond acceptors (Lipinski definition) is 6. The zero-order chi connectivity index (χ0) is 28.0. The lowest BCUT2D eigenvalue weighted by Crippen LogP contribution is -2.10. The van der Waals surface area contributed by atoms with E-state index in [9.17, 15) is 59.4 Å². The van der Waals surface area contributed by atoms with Gasteiger partial charge in [-0.25, -0.2) is 28.8 Å².